The molecule has 0 aliphatic rings. The Labute approximate surface area is 193 Å². The van der Waals surface area contributed by atoms with E-state index >= 15 is 0 Å². The van der Waals surface area contributed by atoms with Crippen molar-refractivity contribution in [2.45, 2.75) is 4.21 Å². The number of thiophene rings is 1. The molecule has 0 aliphatic heterocycles. The van der Waals surface area contributed by atoms with Crippen molar-refractivity contribution >= 4 is 50.4 Å². The Bertz CT molecular complexity index is 1460. The minimum atomic E-state index is -4.27. The molecule has 2 aromatic carbocycles. The predicted octanol–water partition coefficient (Wildman–Crippen LogP) is 3.93. The van der Waals surface area contributed by atoms with Gasteiger partial charge in [0.1, 0.15) is 28.1 Å². The van der Waals surface area contributed by atoms with Crippen LogP contribution >= 0.6 is 18.9 Å². The molecule has 0 spiro atoms. The standard InChI is InChI=1S/C19H17FN5O5PS2/c1-23-18-16(25(2)3)7-5-12-8-17(32-19(12)18)33(27,28)24-11-31(26,30-22)29-14-6-4-13(10-21)15(20)9-14/h4-9,24H,11,22H2,2-3H3. The van der Waals surface area contributed by atoms with Crippen LogP contribution in [0.3, 0.4) is 0 Å². The van der Waals surface area contributed by atoms with Crippen molar-refractivity contribution in [3.8, 4) is 11.8 Å². The fraction of sp³-hybridized carbons (Fsp3) is 0.158. The van der Waals surface area contributed by atoms with E-state index in [0.29, 0.717) is 21.5 Å². The van der Waals surface area contributed by atoms with E-state index in [1.54, 1.807) is 37.2 Å². The van der Waals surface area contributed by atoms with Gasteiger partial charge in [-0.1, -0.05) is 6.07 Å². The zero-order valence-electron chi connectivity index (χ0n) is 17.3. The second kappa shape index (κ2) is 9.45. The molecule has 14 heteroatoms. The highest BCUT2D eigenvalue weighted by atomic mass is 32.2. The number of nitriles is 1. The molecule has 3 rings (SSSR count). The van der Waals surface area contributed by atoms with Crippen LogP contribution < -0.4 is 20.0 Å². The van der Waals surface area contributed by atoms with E-state index < -0.39 is 29.7 Å². The molecule has 33 heavy (non-hydrogen) atoms. The van der Waals surface area contributed by atoms with E-state index in [1.807, 2.05) is 0 Å². The molecule has 0 aliphatic carbocycles. The van der Waals surface area contributed by atoms with Gasteiger partial charge >= 0.3 is 7.60 Å². The molecular weight excluding hydrogens is 492 g/mol. The SMILES string of the molecule is [C-]#[N+]c1c(N(C)C)ccc2cc(S(=O)(=O)NCP(=O)(ON)Oc3ccc(C#N)c(F)c3)sc12. The van der Waals surface area contributed by atoms with Crippen molar-refractivity contribution in [3.05, 3.63) is 59.2 Å². The Morgan fingerprint density at radius 2 is 2.06 bits per heavy atom. The Balaban J connectivity index is 1.86. The zero-order valence-corrected chi connectivity index (χ0v) is 19.8. The van der Waals surface area contributed by atoms with Crippen LogP contribution in [0.15, 0.2) is 40.6 Å². The normalized spacial score (nSPS) is 13.2. The van der Waals surface area contributed by atoms with Crippen LogP contribution in [0.5, 0.6) is 5.75 Å². The van der Waals surface area contributed by atoms with E-state index in [9.17, 15) is 17.4 Å². The molecule has 172 valence electrons. The second-order valence-corrected chi connectivity index (χ2v) is 11.8. The molecule has 0 radical (unpaired) electrons. The molecule has 0 saturated heterocycles. The third-order valence-corrected chi connectivity index (χ3v) is 8.99. The highest BCUT2D eigenvalue weighted by Gasteiger charge is 2.30. The molecule has 1 heterocycles. The molecule has 10 nitrogen and oxygen atoms in total. The summed E-state index contributed by atoms with van der Waals surface area (Å²) in [6.45, 7) is 7.47. The fourth-order valence-corrected chi connectivity index (χ4v) is 6.88. The quantitative estimate of drug-likeness (QED) is 0.265. The average molecular weight is 509 g/mol. The third-order valence-electron chi connectivity index (χ3n) is 4.39. The van der Waals surface area contributed by atoms with Crippen molar-refractivity contribution in [1.82, 2.24) is 4.72 Å². The van der Waals surface area contributed by atoms with E-state index in [1.165, 1.54) is 12.1 Å². The van der Waals surface area contributed by atoms with Crippen LogP contribution in [-0.4, -0.2) is 28.8 Å². The number of nitrogens with one attached hydrogen (secondary N) is 1. The number of hydrogen-bond acceptors (Lipinski definition) is 9. The van der Waals surface area contributed by atoms with Gasteiger partial charge in [0.05, 0.1) is 12.1 Å². The van der Waals surface area contributed by atoms with Crippen LogP contribution in [0.4, 0.5) is 15.8 Å². The van der Waals surface area contributed by atoms with Gasteiger partial charge < -0.3 is 9.42 Å². The molecule has 1 unspecified atom stereocenters. The molecule has 0 amide bonds. The number of fused-ring (bicyclic) bond motifs is 1. The average Bonchev–Trinajstić information content (AvgIpc) is 3.23. The van der Waals surface area contributed by atoms with Gasteiger partial charge in [0.2, 0.25) is 5.69 Å². The van der Waals surface area contributed by atoms with E-state index in [0.717, 1.165) is 23.5 Å². The molecular formula is C19H17FN5O5PS2. The first-order chi connectivity index (χ1) is 15.5. The number of nitrogens with zero attached hydrogens (tertiary/aromatic N) is 3. The Hall–Kier alpha value is -3.03. The van der Waals surface area contributed by atoms with Crippen LogP contribution in [0.25, 0.3) is 14.9 Å². The van der Waals surface area contributed by atoms with Crippen molar-refractivity contribution in [2.24, 2.45) is 5.90 Å². The van der Waals surface area contributed by atoms with Gasteiger partial charge in [-0.3, -0.25) is 0 Å². The summed E-state index contributed by atoms with van der Waals surface area (Å²) in [7, 11) is -4.91. The largest absolute Gasteiger partial charge is 0.423 e. The first-order valence-electron chi connectivity index (χ1n) is 9.01. The first-order valence-corrected chi connectivity index (χ1v) is 13.0. The number of anilines is 1. The van der Waals surface area contributed by atoms with Crippen LogP contribution in [0.2, 0.25) is 0 Å². The summed E-state index contributed by atoms with van der Waals surface area (Å²) in [5.41, 5.74) is 0.693. The topological polar surface area (TPSA) is 139 Å². The monoisotopic (exact) mass is 509 g/mol. The lowest BCUT2D eigenvalue weighted by Crippen LogP contribution is -2.26. The molecule has 3 N–H and O–H groups in total. The molecule has 1 aromatic heterocycles. The zero-order chi connectivity index (χ0) is 24.4. The highest BCUT2D eigenvalue weighted by Crippen LogP contribution is 2.46. The lowest BCUT2D eigenvalue weighted by molar-refractivity contribution is 0.272. The number of hydrogen-bond donors (Lipinski definition) is 2. The molecule has 0 fully saturated rings. The van der Waals surface area contributed by atoms with Gasteiger partial charge in [-0.25, -0.2) is 32.7 Å². The summed E-state index contributed by atoms with van der Waals surface area (Å²) in [5, 5.41) is 9.33. The van der Waals surface area contributed by atoms with Crippen molar-refractivity contribution in [2.75, 3.05) is 25.3 Å². The number of sulfonamides is 1. The summed E-state index contributed by atoms with van der Waals surface area (Å²) in [5.74, 6) is 3.87. The maximum atomic E-state index is 13.8. The summed E-state index contributed by atoms with van der Waals surface area (Å²) in [4.78, 5) is 5.28. The first kappa shape index (κ1) is 24.6. The number of halogens is 1. The lowest BCUT2D eigenvalue weighted by atomic mass is 10.2. The van der Waals surface area contributed by atoms with Gasteiger partial charge in [-0.15, -0.1) is 11.3 Å². The molecule has 3 aromatic rings. The summed E-state index contributed by atoms with van der Waals surface area (Å²) in [6.07, 6.45) is -0.847. The third kappa shape index (κ3) is 5.15. The van der Waals surface area contributed by atoms with Crippen molar-refractivity contribution in [1.29, 1.82) is 5.26 Å². The summed E-state index contributed by atoms with van der Waals surface area (Å²) in [6, 6.07) is 9.50. The van der Waals surface area contributed by atoms with Crippen LogP contribution in [-0.2, 0) is 19.2 Å². The Kier molecular flexibility index (Phi) is 7.05. The maximum absolute atomic E-state index is 13.8. The van der Waals surface area contributed by atoms with Crippen LogP contribution in [0.1, 0.15) is 5.56 Å². The lowest BCUT2D eigenvalue weighted by Gasteiger charge is -2.17. The smallest absolute Gasteiger partial charge is 0.410 e. The van der Waals surface area contributed by atoms with Gasteiger partial charge in [0.25, 0.3) is 10.0 Å². The minimum absolute atomic E-state index is 0.119. The van der Waals surface area contributed by atoms with Gasteiger partial charge in [0.15, 0.2) is 0 Å². The molecule has 0 bridgehead atoms. The number of benzene rings is 2. The van der Waals surface area contributed by atoms with Crippen molar-refractivity contribution < 1.29 is 26.5 Å². The molecule has 0 saturated carbocycles. The highest BCUT2D eigenvalue weighted by molar-refractivity contribution is 7.92. The van der Waals surface area contributed by atoms with E-state index in [-0.39, 0.29) is 15.5 Å². The van der Waals surface area contributed by atoms with Crippen LogP contribution in [0, 0.1) is 23.7 Å². The Morgan fingerprint density at radius 3 is 2.64 bits per heavy atom. The maximum Gasteiger partial charge on any atom is 0.410 e. The van der Waals surface area contributed by atoms with E-state index in [4.69, 9.17) is 22.3 Å². The number of nitrogens with two attached hydrogens (primary N) is 1. The van der Waals surface area contributed by atoms with Gasteiger partial charge in [0, 0.05) is 30.5 Å². The van der Waals surface area contributed by atoms with E-state index in [2.05, 4.69) is 14.2 Å². The van der Waals surface area contributed by atoms with Gasteiger partial charge in [-0.2, -0.15) is 9.98 Å². The fourth-order valence-electron chi connectivity index (χ4n) is 2.79. The number of rotatable bonds is 8. The molecule has 1 atom stereocenters. The predicted molar refractivity (Wildman–Crippen MR) is 122 cm³/mol. The summed E-state index contributed by atoms with van der Waals surface area (Å²) >= 11 is 0.882. The summed E-state index contributed by atoms with van der Waals surface area (Å²) < 4.78 is 64.1. The Morgan fingerprint density at radius 1 is 1.33 bits per heavy atom. The van der Waals surface area contributed by atoms with Gasteiger partial charge in [-0.05, 0) is 29.7 Å². The second-order valence-electron chi connectivity index (χ2n) is 6.79. The van der Waals surface area contributed by atoms with Crippen molar-refractivity contribution in [3.63, 3.8) is 0 Å². The minimum Gasteiger partial charge on any atom is -0.423 e.